The Bertz CT molecular complexity index is 864. The molecule has 0 bridgehead atoms. The van der Waals surface area contributed by atoms with E-state index in [1.165, 1.54) is 6.20 Å². The van der Waals surface area contributed by atoms with Gasteiger partial charge in [0.1, 0.15) is 5.57 Å². The number of rotatable bonds is 6. The lowest BCUT2D eigenvalue weighted by molar-refractivity contribution is -0.138. The Balaban J connectivity index is 1.92. The van der Waals surface area contributed by atoms with Crippen molar-refractivity contribution >= 4 is 33.4 Å². The highest BCUT2D eigenvalue weighted by molar-refractivity contribution is 9.10. The van der Waals surface area contributed by atoms with Crippen molar-refractivity contribution in [3.8, 4) is 11.5 Å². The van der Waals surface area contributed by atoms with Crippen molar-refractivity contribution in [1.29, 1.82) is 0 Å². The van der Waals surface area contributed by atoms with Crippen molar-refractivity contribution in [2.24, 2.45) is 0 Å². The molecule has 1 aliphatic heterocycles. The normalized spacial score (nSPS) is 12.6. The molecule has 2 aromatic rings. The fourth-order valence-electron chi connectivity index (χ4n) is 2.37. The Morgan fingerprint density at radius 3 is 2.73 bits per heavy atom. The number of hydrogen-bond donors (Lipinski definition) is 1. The maximum atomic E-state index is 12.9. The molecule has 3 rings (SSSR count). The van der Waals surface area contributed by atoms with E-state index >= 15 is 0 Å². The number of ether oxygens (including phenoxy) is 3. The third-order valence-corrected chi connectivity index (χ3v) is 4.18. The van der Waals surface area contributed by atoms with Gasteiger partial charge in [-0.15, -0.1) is 0 Å². The zero-order chi connectivity index (χ0) is 18.5. The average molecular weight is 418 g/mol. The number of hydrogen-bond acceptors (Lipinski definition) is 6. The van der Waals surface area contributed by atoms with Gasteiger partial charge in [0.05, 0.1) is 11.1 Å². The molecule has 134 valence electrons. The van der Waals surface area contributed by atoms with E-state index in [-0.39, 0.29) is 24.5 Å². The van der Waals surface area contributed by atoms with Crippen LogP contribution in [-0.2, 0) is 9.53 Å². The van der Waals surface area contributed by atoms with Gasteiger partial charge in [-0.25, -0.2) is 4.79 Å². The van der Waals surface area contributed by atoms with E-state index in [1.807, 2.05) is 30.3 Å². The van der Waals surface area contributed by atoms with E-state index in [9.17, 15) is 9.59 Å². The summed E-state index contributed by atoms with van der Waals surface area (Å²) >= 11 is 3.35. The average Bonchev–Trinajstić information content (AvgIpc) is 3.12. The molecule has 0 aliphatic carbocycles. The number of benzene rings is 2. The minimum atomic E-state index is -0.699. The second-order valence-corrected chi connectivity index (χ2v) is 6.16. The van der Waals surface area contributed by atoms with Gasteiger partial charge in [0.25, 0.3) is 0 Å². The van der Waals surface area contributed by atoms with Crippen molar-refractivity contribution in [3.63, 3.8) is 0 Å². The number of anilines is 1. The molecule has 0 saturated heterocycles. The van der Waals surface area contributed by atoms with Gasteiger partial charge in [-0.2, -0.15) is 0 Å². The summed E-state index contributed by atoms with van der Waals surface area (Å²) in [6, 6.07) is 12.3. The molecule has 2 aromatic carbocycles. The second-order valence-electron chi connectivity index (χ2n) is 5.31. The molecular formula is C19H16BrNO5. The summed E-state index contributed by atoms with van der Waals surface area (Å²) in [6.07, 6.45) is 1.36. The van der Waals surface area contributed by atoms with Crippen LogP contribution in [0.15, 0.2) is 58.7 Å². The van der Waals surface area contributed by atoms with Crippen molar-refractivity contribution in [2.45, 2.75) is 6.92 Å². The van der Waals surface area contributed by atoms with E-state index in [4.69, 9.17) is 14.2 Å². The monoisotopic (exact) mass is 417 g/mol. The van der Waals surface area contributed by atoms with Gasteiger partial charge in [-0.3, -0.25) is 4.79 Å². The minimum Gasteiger partial charge on any atom is -0.462 e. The Morgan fingerprint density at radius 2 is 2.00 bits per heavy atom. The smallest absolute Gasteiger partial charge is 0.343 e. The quantitative estimate of drug-likeness (QED) is 0.252. The Morgan fingerprint density at radius 1 is 1.23 bits per heavy atom. The van der Waals surface area contributed by atoms with Crippen LogP contribution >= 0.6 is 15.9 Å². The molecule has 1 heterocycles. The van der Waals surface area contributed by atoms with Crippen LogP contribution in [0, 0.1) is 0 Å². The summed E-state index contributed by atoms with van der Waals surface area (Å²) in [5.41, 5.74) is 0.922. The van der Waals surface area contributed by atoms with Crippen molar-refractivity contribution in [2.75, 3.05) is 18.7 Å². The lowest BCUT2D eigenvalue weighted by atomic mass is 10.0. The third-order valence-electron chi connectivity index (χ3n) is 3.59. The van der Waals surface area contributed by atoms with Crippen LogP contribution < -0.4 is 14.8 Å². The molecule has 0 unspecified atom stereocenters. The summed E-state index contributed by atoms with van der Waals surface area (Å²) in [5.74, 6) is -0.201. The topological polar surface area (TPSA) is 73.9 Å². The first-order valence-corrected chi connectivity index (χ1v) is 8.72. The molecule has 6 nitrogen and oxygen atoms in total. The number of halogens is 1. The highest BCUT2D eigenvalue weighted by Gasteiger charge is 2.25. The fraction of sp³-hybridized carbons (Fsp3) is 0.158. The van der Waals surface area contributed by atoms with E-state index in [2.05, 4.69) is 21.2 Å². The van der Waals surface area contributed by atoms with Gasteiger partial charge < -0.3 is 19.5 Å². The molecule has 1 aliphatic rings. The first-order chi connectivity index (χ1) is 12.6. The molecule has 0 amide bonds. The van der Waals surface area contributed by atoms with E-state index < -0.39 is 11.8 Å². The maximum Gasteiger partial charge on any atom is 0.343 e. The third kappa shape index (κ3) is 3.88. The van der Waals surface area contributed by atoms with Crippen molar-refractivity contribution in [3.05, 3.63) is 64.3 Å². The largest absolute Gasteiger partial charge is 0.462 e. The lowest BCUT2D eigenvalue weighted by Crippen LogP contribution is -2.17. The van der Waals surface area contributed by atoms with Crippen LogP contribution in [0.5, 0.6) is 11.5 Å². The van der Waals surface area contributed by atoms with Gasteiger partial charge in [-0.1, -0.05) is 18.2 Å². The van der Waals surface area contributed by atoms with E-state index in [1.54, 1.807) is 19.1 Å². The molecular weight excluding hydrogens is 402 g/mol. The predicted octanol–water partition coefficient (Wildman–Crippen LogP) is 3.92. The SMILES string of the molecule is CCOC(=O)C(=CNc1ccccc1)C(=O)c1cc(Br)c2c(c1)OCO2. The number of esters is 1. The summed E-state index contributed by atoms with van der Waals surface area (Å²) in [5, 5.41) is 2.95. The standard InChI is InChI=1S/C19H16BrNO5/c1-2-24-19(23)14(10-21-13-6-4-3-5-7-13)17(22)12-8-15(20)18-16(9-12)25-11-26-18/h3-10,21H,2,11H2,1H3. The molecule has 0 atom stereocenters. The second kappa shape index (κ2) is 8.05. The predicted molar refractivity (Wildman–Crippen MR) is 99.4 cm³/mol. The van der Waals surface area contributed by atoms with Crippen LogP contribution in [0.3, 0.4) is 0 Å². The zero-order valence-electron chi connectivity index (χ0n) is 14.0. The summed E-state index contributed by atoms with van der Waals surface area (Å²) in [6.45, 7) is 1.93. The summed E-state index contributed by atoms with van der Waals surface area (Å²) in [4.78, 5) is 25.2. The summed E-state index contributed by atoms with van der Waals surface area (Å²) in [7, 11) is 0. The number of carbonyl (C=O) groups excluding carboxylic acids is 2. The molecule has 0 fully saturated rings. The van der Waals surface area contributed by atoms with Gasteiger partial charge in [0.15, 0.2) is 11.5 Å². The van der Waals surface area contributed by atoms with Crippen LogP contribution in [-0.4, -0.2) is 25.2 Å². The van der Waals surface area contributed by atoms with Crippen LogP contribution in [0.25, 0.3) is 0 Å². The number of ketones is 1. The maximum absolute atomic E-state index is 12.9. The number of fused-ring (bicyclic) bond motifs is 1. The molecule has 26 heavy (non-hydrogen) atoms. The van der Waals surface area contributed by atoms with Gasteiger partial charge in [0, 0.05) is 17.5 Å². The molecule has 1 N–H and O–H groups in total. The molecule has 0 aromatic heterocycles. The van der Waals surface area contributed by atoms with Crippen LogP contribution in [0.2, 0.25) is 0 Å². The minimum absolute atomic E-state index is 0.0850. The number of nitrogens with one attached hydrogen (secondary N) is 1. The highest BCUT2D eigenvalue weighted by atomic mass is 79.9. The van der Waals surface area contributed by atoms with Gasteiger partial charge in [0.2, 0.25) is 12.6 Å². The molecule has 0 spiro atoms. The molecule has 0 saturated carbocycles. The first kappa shape index (κ1) is 18.0. The van der Waals surface area contributed by atoms with E-state index in [0.717, 1.165) is 5.69 Å². The zero-order valence-corrected chi connectivity index (χ0v) is 15.5. The van der Waals surface area contributed by atoms with Crippen LogP contribution in [0.1, 0.15) is 17.3 Å². The van der Waals surface area contributed by atoms with Crippen LogP contribution in [0.4, 0.5) is 5.69 Å². The number of Topliss-reactive ketones (excluding diaryl/α,β-unsaturated/α-hetero) is 1. The number of carbonyl (C=O) groups is 2. The first-order valence-electron chi connectivity index (χ1n) is 7.93. The Hall–Kier alpha value is -2.80. The van der Waals surface area contributed by atoms with E-state index in [0.29, 0.717) is 16.0 Å². The fourth-order valence-corrected chi connectivity index (χ4v) is 2.93. The van der Waals surface area contributed by atoms with Crippen molar-refractivity contribution in [1.82, 2.24) is 0 Å². The Kier molecular flexibility index (Phi) is 5.58. The highest BCUT2D eigenvalue weighted by Crippen LogP contribution is 2.40. The Labute approximate surface area is 158 Å². The van der Waals surface area contributed by atoms with Crippen molar-refractivity contribution < 1.29 is 23.8 Å². The summed E-state index contributed by atoms with van der Waals surface area (Å²) < 4.78 is 16.2. The van der Waals surface area contributed by atoms with Gasteiger partial charge in [-0.05, 0) is 47.1 Å². The lowest BCUT2D eigenvalue weighted by Gasteiger charge is -2.09. The number of para-hydroxylation sites is 1. The molecule has 7 heteroatoms. The molecule has 0 radical (unpaired) electrons. The van der Waals surface area contributed by atoms with Gasteiger partial charge >= 0.3 is 5.97 Å².